The second kappa shape index (κ2) is 4.69. The first kappa shape index (κ1) is 10.5. The maximum Gasteiger partial charge on any atom is 0.218 e. The smallest absolute Gasteiger partial charge is 0.218 e. The van der Waals surface area contributed by atoms with Gasteiger partial charge in [0.25, 0.3) is 0 Å². The molecular formula is C10H7BrN2OS. The van der Waals surface area contributed by atoms with Crippen molar-refractivity contribution in [1.29, 1.82) is 5.26 Å². The Hall–Kier alpha value is -0.990. The molecular weight excluding hydrogens is 276 g/mol. The lowest BCUT2D eigenvalue weighted by Crippen LogP contribution is -2.01. The Morgan fingerprint density at radius 2 is 2.20 bits per heavy atom. The Labute approximate surface area is 100 Å². The van der Waals surface area contributed by atoms with Crippen molar-refractivity contribution in [3.63, 3.8) is 0 Å². The van der Waals surface area contributed by atoms with Gasteiger partial charge in [-0.25, -0.2) is 0 Å². The molecule has 15 heavy (non-hydrogen) atoms. The van der Waals surface area contributed by atoms with Crippen molar-refractivity contribution in [3.05, 3.63) is 28.7 Å². The normalized spacial score (nSPS) is 19.2. The number of nitriles is 1. The van der Waals surface area contributed by atoms with Gasteiger partial charge >= 0.3 is 0 Å². The van der Waals surface area contributed by atoms with Gasteiger partial charge in [0, 0.05) is 9.37 Å². The zero-order chi connectivity index (χ0) is 10.7. The Bertz CT molecular complexity index is 424. The number of thioether (sulfide) groups is 1. The first-order chi connectivity index (χ1) is 7.28. The molecule has 76 valence electrons. The van der Waals surface area contributed by atoms with E-state index in [2.05, 4.69) is 21.1 Å². The average molecular weight is 283 g/mol. The van der Waals surface area contributed by atoms with Gasteiger partial charge < -0.3 is 4.84 Å². The number of hydrogen-bond acceptors (Lipinski definition) is 4. The monoisotopic (exact) mass is 282 g/mol. The lowest BCUT2D eigenvalue weighted by Gasteiger charge is -1.98. The highest BCUT2D eigenvalue weighted by molar-refractivity contribution is 9.10. The number of rotatable bonds is 1. The molecule has 1 aliphatic heterocycles. The summed E-state index contributed by atoms with van der Waals surface area (Å²) in [7, 11) is 0. The fourth-order valence-corrected chi connectivity index (χ4v) is 2.25. The number of benzene rings is 1. The lowest BCUT2D eigenvalue weighted by molar-refractivity contribution is 0.125. The van der Waals surface area contributed by atoms with Crippen LogP contribution in [0.4, 0.5) is 0 Å². The highest BCUT2D eigenvalue weighted by Crippen LogP contribution is 2.27. The molecule has 5 heteroatoms. The molecule has 0 spiro atoms. The molecule has 0 saturated heterocycles. The van der Waals surface area contributed by atoms with Gasteiger partial charge in [0.1, 0.15) is 11.1 Å². The molecule has 1 aromatic carbocycles. The van der Waals surface area contributed by atoms with E-state index in [1.165, 1.54) is 11.8 Å². The highest BCUT2D eigenvalue weighted by Gasteiger charge is 2.20. The zero-order valence-corrected chi connectivity index (χ0v) is 10.1. The van der Waals surface area contributed by atoms with Crippen molar-refractivity contribution in [3.8, 4) is 6.07 Å². The third-order valence-corrected chi connectivity index (χ3v) is 3.35. The maximum atomic E-state index is 8.62. The topological polar surface area (TPSA) is 45.4 Å². The van der Waals surface area contributed by atoms with Gasteiger partial charge in [0.2, 0.25) is 6.10 Å². The molecule has 0 aromatic heterocycles. The second-order valence-electron chi connectivity index (χ2n) is 2.97. The second-order valence-corrected chi connectivity index (χ2v) is 5.03. The van der Waals surface area contributed by atoms with Crippen molar-refractivity contribution in [2.75, 3.05) is 0 Å². The largest absolute Gasteiger partial charge is 0.376 e. The Morgan fingerprint density at radius 3 is 2.80 bits per heavy atom. The Balaban J connectivity index is 1.99. The Kier molecular flexibility index (Phi) is 3.29. The van der Waals surface area contributed by atoms with Gasteiger partial charge in [-0.3, -0.25) is 0 Å². The number of halogens is 1. The summed E-state index contributed by atoms with van der Waals surface area (Å²) >= 11 is 4.90. The number of nitrogens with zero attached hydrogens (tertiary/aromatic N) is 2. The molecule has 0 aliphatic carbocycles. The average Bonchev–Trinajstić information content (AvgIpc) is 2.69. The van der Waals surface area contributed by atoms with Gasteiger partial charge in [-0.15, -0.1) is 0 Å². The molecule has 0 saturated carbocycles. The van der Waals surface area contributed by atoms with Crippen LogP contribution in [0.2, 0.25) is 0 Å². The minimum Gasteiger partial charge on any atom is -0.376 e. The van der Waals surface area contributed by atoms with Crippen LogP contribution in [0.25, 0.3) is 0 Å². The molecule has 0 amide bonds. The van der Waals surface area contributed by atoms with Crippen LogP contribution in [-0.4, -0.2) is 11.1 Å². The summed E-state index contributed by atoms with van der Waals surface area (Å²) in [6.07, 6.45) is 0.167. The van der Waals surface area contributed by atoms with Crippen molar-refractivity contribution in [2.45, 2.75) is 17.4 Å². The minimum absolute atomic E-state index is 0.414. The summed E-state index contributed by atoms with van der Waals surface area (Å²) in [6, 6.07) is 9.97. The van der Waals surface area contributed by atoms with E-state index in [0.29, 0.717) is 6.42 Å². The zero-order valence-electron chi connectivity index (χ0n) is 7.68. The van der Waals surface area contributed by atoms with Crippen LogP contribution in [0.3, 0.4) is 0 Å². The molecule has 1 atom stereocenters. The summed E-state index contributed by atoms with van der Waals surface area (Å²) < 4.78 is 1.05. The summed E-state index contributed by atoms with van der Waals surface area (Å²) in [5, 5.41) is 13.3. The van der Waals surface area contributed by atoms with Crippen LogP contribution in [-0.2, 0) is 4.84 Å². The molecule has 0 radical (unpaired) electrons. The van der Waals surface area contributed by atoms with Gasteiger partial charge in [0.05, 0.1) is 6.42 Å². The van der Waals surface area contributed by atoms with E-state index in [1.807, 2.05) is 30.3 Å². The first-order valence-corrected chi connectivity index (χ1v) is 5.94. The van der Waals surface area contributed by atoms with E-state index >= 15 is 0 Å². The maximum absolute atomic E-state index is 8.62. The molecule has 0 fully saturated rings. The van der Waals surface area contributed by atoms with Crippen LogP contribution in [0.15, 0.2) is 38.8 Å². The molecule has 0 N–H and O–H groups in total. The van der Waals surface area contributed by atoms with Gasteiger partial charge in [0.15, 0.2) is 0 Å². The van der Waals surface area contributed by atoms with Crippen LogP contribution < -0.4 is 0 Å². The molecule has 3 nitrogen and oxygen atoms in total. The van der Waals surface area contributed by atoms with Crippen molar-refractivity contribution in [1.82, 2.24) is 0 Å². The molecule has 1 aromatic rings. The summed E-state index contributed by atoms with van der Waals surface area (Å²) in [6.45, 7) is 0. The number of hydrogen-bond donors (Lipinski definition) is 0. The van der Waals surface area contributed by atoms with Crippen LogP contribution in [0, 0.1) is 11.3 Å². The van der Waals surface area contributed by atoms with E-state index in [4.69, 9.17) is 10.1 Å². The fraction of sp³-hybridized carbons (Fsp3) is 0.200. The van der Waals surface area contributed by atoms with Crippen molar-refractivity contribution < 1.29 is 4.84 Å². The summed E-state index contributed by atoms with van der Waals surface area (Å²) in [5.41, 5.74) is 0. The molecule has 1 aliphatic rings. The first-order valence-electron chi connectivity index (χ1n) is 4.33. The third kappa shape index (κ3) is 2.74. The van der Waals surface area contributed by atoms with E-state index in [0.717, 1.165) is 14.4 Å². The number of oxime groups is 1. The SMILES string of the molecule is N#CC1CC(Sc2ccc(Br)cc2)=NO1. The standard InChI is InChI=1S/C10H7BrN2OS/c11-7-1-3-9(4-2-7)15-10-5-8(6-12)14-13-10/h1-4,8H,5H2. The highest BCUT2D eigenvalue weighted by atomic mass is 79.9. The van der Waals surface area contributed by atoms with E-state index in [-0.39, 0.29) is 0 Å². The Morgan fingerprint density at radius 1 is 1.47 bits per heavy atom. The van der Waals surface area contributed by atoms with Crippen LogP contribution in [0.5, 0.6) is 0 Å². The lowest BCUT2D eigenvalue weighted by atomic mass is 10.3. The van der Waals surface area contributed by atoms with E-state index in [9.17, 15) is 0 Å². The molecule has 2 rings (SSSR count). The summed E-state index contributed by atoms with van der Waals surface area (Å²) in [5.74, 6) is 0. The van der Waals surface area contributed by atoms with Crippen molar-refractivity contribution >= 4 is 32.7 Å². The molecule has 0 bridgehead atoms. The van der Waals surface area contributed by atoms with Crippen molar-refractivity contribution in [2.24, 2.45) is 5.16 Å². The van der Waals surface area contributed by atoms with Crippen LogP contribution in [0.1, 0.15) is 6.42 Å². The van der Waals surface area contributed by atoms with E-state index < -0.39 is 6.10 Å². The predicted octanol–water partition coefficient (Wildman–Crippen LogP) is 3.17. The molecule has 1 unspecified atom stereocenters. The summed E-state index contributed by atoms with van der Waals surface area (Å²) in [4.78, 5) is 6.00. The third-order valence-electron chi connectivity index (χ3n) is 1.84. The quantitative estimate of drug-likeness (QED) is 0.795. The van der Waals surface area contributed by atoms with Gasteiger partial charge in [-0.1, -0.05) is 32.8 Å². The van der Waals surface area contributed by atoms with Crippen LogP contribution >= 0.6 is 27.7 Å². The fourth-order valence-electron chi connectivity index (χ4n) is 1.12. The molecule has 1 heterocycles. The van der Waals surface area contributed by atoms with Gasteiger partial charge in [-0.2, -0.15) is 5.26 Å². The van der Waals surface area contributed by atoms with Gasteiger partial charge in [-0.05, 0) is 24.3 Å². The predicted molar refractivity (Wildman–Crippen MR) is 62.5 cm³/mol. The minimum atomic E-state index is -0.414. The van der Waals surface area contributed by atoms with E-state index in [1.54, 1.807) is 0 Å².